The third kappa shape index (κ3) is 5.04. The Bertz CT molecular complexity index is 839. The van der Waals surface area contributed by atoms with Crippen LogP contribution in [0.25, 0.3) is 11.4 Å². The predicted octanol–water partition coefficient (Wildman–Crippen LogP) is 2.18. The molecule has 1 aromatic heterocycles. The quantitative estimate of drug-likeness (QED) is 0.749. The minimum absolute atomic E-state index is 0.0768. The van der Waals surface area contributed by atoms with Gasteiger partial charge in [0.25, 0.3) is 0 Å². The van der Waals surface area contributed by atoms with Crippen LogP contribution < -0.4 is 10.0 Å². The Morgan fingerprint density at radius 1 is 1.15 bits per heavy atom. The van der Waals surface area contributed by atoms with Crippen molar-refractivity contribution >= 4 is 15.7 Å². The molecule has 148 valence electrons. The molecule has 0 amide bonds. The van der Waals surface area contributed by atoms with Gasteiger partial charge in [-0.3, -0.25) is 0 Å². The Kier molecular flexibility index (Phi) is 6.11. The zero-order valence-corrected chi connectivity index (χ0v) is 16.9. The Labute approximate surface area is 160 Å². The lowest BCUT2D eigenvalue weighted by atomic mass is 9.86. The van der Waals surface area contributed by atoms with Gasteiger partial charge in [0, 0.05) is 30.9 Å². The molecule has 0 aliphatic heterocycles. The lowest BCUT2D eigenvalue weighted by molar-refractivity contribution is 0.323. The van der Waals surface area contributed by atoms with E-state index in [2.05, 4.69) is 25.6 Å². The van der Waals surface area contributed by atoms with E-state index in [1.54, 1.807) is 18.5 Å². The van der Waals surface area contributed by atoms with E-state index in [0.29, 0.717) is 5.92 Å². The maximum atomic E-state index is 12.0. The van der Waals surface area contributed by atoms with Gasteiger partial charge in [0.05, 0.1) is 5.25 Å². The molecule has 27 heavy (non-hydrogen) atoms. The van der Waals surface area contributed by atoms with Gasteiger partial charge in [-0.1, -0.05) is 0 Å². The summed E-state index contributed by atoms with van der Waals surface area (Å²) in [5, 5.41) is 14.6. The van der Waals surface area contributed by atoms with Crippen molar-refractivity contribution in [1.82, 2.24) is 24.9 Å². The predicted molar refractivity (Wildman–Crippen MR) is 106 cm³/mol. The second-order valence-electron chi connectivity index (χ2n) is 7.51. The van der Waals surface area contributed by atoms with Crippen molar-refractivity contribution in [3.63, 3.8) is 0 Å². The molecule has 0 bridgehead atoms. The summed E-state index contributed by atoms with van der Waals surface area (Å²) in [6.45, 7) is 4.32. The lowest BCUT2D eigenvalue weighted by Crippen LogP contribution is -2.41. The first-order valence-electron chi connectivity index (χ1n) is 9.43. The van der Waals surface area contributed by atoms with Crippen LogP contribution in [-0.2, 0) is 17.1 Å². The molecule has 2 aromatic rings. The zero-order valence-electron chi connectivity index (χ0n) is 16.1. The molecule has 1 aliphatic rings. The average molecular weight is 393 g/mol. The normalized spacial score (nSPS) is 20.7. The average Bonchev–Trinajstić information content (AvgIpc) is 3.07. The maximum absolute atomic E-state index is 12.0. The lowest BCUT2D eigenvalue weighted by Gasteiger charge is -2.29. The zero-order chi connectivity index (χ0) is 19.4. The molecule has 0 spiro atoms. The number of rotatable bonds is 7. The smallest absolute Gasteiger partial charge is 0.214 e. The summed E-state index contributed by atoms with van der Waals surface area (Å²) >= 11 is 0. The Morgan fingerprint density at radius 3 is 2.37 bits per heavy atom. The van der Waals surface area contributed by atoms with Crippen molar-refractivity contribution in [2.45, 2.75) is 50.8 Å². The van der Waals surface area contributed by atoms with Crippen LogP contribution in [0.5, 0.6) is 0 Å². The van der Waals surface area contributed by atoms with Gasteiger partial charge in [-0.05, 0) is 80.1 Å². The summed E-state index contributed by atoms with van der Waals surface area (Å²) in [6.07, 6.45) is 3.86. The molecule has 8 nitrogen and oxygen atoms in total. The highest BCUT2D eigenvalue weighted by Gasteiger charge is 2.26. The molecule has 1 saturated carbocycles. The molecular weight excluding hydrogens is 364 g/mol. The first-order chi connectivity index (χ1) is 12.8. The number of anilines is 1. The molecule has 1 aliphatic carbocycles. The number of hydrogen-bond acceptors (Lipinski definition) is 6. The summed E-state index contributed by atoms with van der Waals surface area (Å²) < 4.78 is 28.5. The Morgan fingerprint density at radius 2 is 1.81 bits per heavy atom. The van der Waals surface area contributed by atoms with Gasteiger partial charge in [0.2, 0.25) is 10.0 Å². The second kappa shape index (κ2) is 8.35. The Hall–Kier alpha value is -2.00. The van der Waals surface area contributed by atoms with Crippen molar-refractivity contribution in [2.24, 2.45) is 13.0 Å². The molecule has 9 heteroatoms. The molecule has 1 heterocycles. The molecule has 0 radical (unpaired) electrons. The molecular formula is C18H28N6O2S. The van der Waals surface area contributed by atoms with Crippen LogP contribution in [0.2, 0.25) is 0 Å². The minimum Gasteiger partial charge on any atom is -0.385 e. The first kappa shape index (κ1) is 19.8. The fraction of sp³-hybridized carbons (Fsp3) is 0.611. The van der Waals surface area contributed by atoms with Crippen molar-refractivity contribution < 1.29 is 8.42 Å². The van der Waals surface area contributed by atoms with E-state index in [-0.39, 0.29) is 11.3 Å². The molecule has 3 rings (SSSR count). The second-order valence-corrected chi connectivity index (χ2v) is 9.78. The molecule has 1 aromatic carbocycles. The summed E-state index contributed by atoms with van der Waals surface area (Å²) in [5.41, 5.74) is 2.04. The summed E-state index contributed by atoms with van der Waals surface area (Å²) in [5.74, 6) is 1.30. The van der Waals surface area contributed by atoms with Gasteiger partial charge in [0.15, 0.2) is 5.82 Å². The van der Waals surface area contributed by atoms with Gasteiger partial charge in [0.1, 0.15) is 0 Å². The SMILES string of the molecule is CC(C)S(=O)(=O)NC1CCC(CNc2ccc(-c3nnnn3C)cc2)CC1. The molecule has 0 unspecified atom stereocenters. The number of sulfonamides is 1. The van der Waals surface area contributed by atoms with Crippen molar-refractivity contribution in [3.05, 3.63) is 24.3 Å². The third-order valence-electron chi connectivity index (χ3n) is 5.16. The van der Waals surface area contributed by atoms with Crippen molar-refractivity contribution in [1.29, 1.82) is 0 Å². The van der Waals surface area contributed by atoms with Crippen LogP contribution in [0.15, 0.2) is 24.3 Å². The largest absolute Gasteiger partial charge is 0.385 e. The topological polar surface area (TPSA) is 102 Å². The van der Waals surface area contributed by atoms with Crippen LogP contribution in [0.3, 0.4) is 0 Å². The van der Waals surface area contributed by atoms with E-state index in [0.717, 1.165) is 49.3 Å². The van der Waals surface area contributed by atoms with Gasteiger partial charge in [-0.2, -0.15) is 0 Å². The number of benzene rings is 1. The standard InChI is InChI=1S/C18H28N6O2S/c1-13(2)27(25,26)21-17-8-4-14(5-9-17)12-19-16-10-6-15(7-11-16)18-20-22-23-24(18)3/h6-7,10-11,13-14,17,19,21H,4-5,8-9,12H2,1-3H3. The fourth-order valence-electron chi connectivity index (χ4n) is 3.33. The van der Waals surface area contributed by atoms with Gasteiger partial charge < -0.3 is 5.32 Å². The number of aryl methyl sites for hydroxylation is 1. The number of hydrogen-bond donors (Lipinski definition) is 2. The Balaban J connectivity index is 1.46. The highest BCUT2D eigenvalue weighted by molar-refractivity contribution is 7.90. The molecule has 0 atom stereocenters. The van der Waals surface area contributed by atoms with Gasteiger partial charge in [-0.15, -0.1) is 5.10 Å². The summed E-state index contributed by atoms with van der Waals surface area (Å²) in [4.78, 5) is 0. The van der Waals surface area contributed by atoms with Crippen LogP contribution in [0.1, 0.15) is 39.5 Å². The third-order valence-corrected chi connectivity index (χ3v) is 7.06. The van der Waals surface area contributed by atoms with E-state index in [4.69, 9.17) is 0 Å². The van der Waals surface area contributed by atoms with Crippen LogP contribution >= 0.6 is 0 Å². The van der Waals surface area contributed by atoms with E-state index in [1.807, 2.05) is 31.3 Å². The van der Waals surface area contributed by atoms with E-state index in [1.165, 1.54) is 0 Å². The number of nitrogens with zero attached hydrogens (tertiary/aromatic N) is 4. The number of tetrazole rings is 1. The number of aromatic nitrogens is 4. The van der Waals surface area contributed by atoms with Crippen molar-refractivity contribution in [2.75, 3.05) is 11.9 Å². The van der Waals surface area contributed by atoms with E-state index < -0.39 is 10.0 Å². The highest BCUT2D eigenvalue weighted by atomic mass is 32.2. The molecule has 0 saturated heterocycles. The van der Waals surface area contributed by atoms with Gasteiger partial charge >= 0.3 is 0 Å². The van der Waals surface area contributed by atoms with Crippen molar-refractivity contribution in [3.8, 4) is 11.4 Å². The summed E-state index contributed by atoms with van der Waals surface area (Å²) in [7, 11) is -1.36. The van der Waals surface area contributed by atoms with Crippen LogP contribution in [-0.4, -0.2) is 46.5 Å². The number of nitrogens with one attached hydrogen (secondary N) is 2. The highest BCUT2D eigenvalue weighted by Crippen LogP contribution is 2.26. The minimum atomic E-state index is -3.18. The fourth-order valence-corrected chi connectivity index (χ4v) is 4.30. The molecule has 1 fully saturated rings. The first-order valence-corrected chi connectivity index (χ1v) is 11.0. The van der Waals surface area contributed by atoms with E-state index in [9.17, 15) is 8.42 Å². The van der Waals surface area contributed by atoms with Gasteiger partial charge in [-0.25, -0.2) is 17.8 Å². The molecule has 2 N–H and O–H groups in total. The monoisotopic (exact) mass is 392 g/mol. The van der Waals surface area contributed by atoms with Crippen LogP contribution in [0.4, 0.5) is 5.69 Å². The summed E-state index contributed by atoms with van der Waals surface area (Å²) in [6, 6.07) is 8.16. The van der Waals surface area contributed by atoms with E-state index >= 15 is 0 Å². The maximum Gasteiger partial charge on any atom is 0.214 e. The van der Waals surface area contributed by atoms with Crippen LogP contribution in [0, 0.1) is 5.92 Å².